The molecule has 76 valence electrons. The first-order valence-corrected chi connectivity index (χ1v) is 4.14. The van der Waals surface area contributed by atoms with Gasteiger partial charge in [-0.05, 0) is 6.92 Å². The number of rotatable bonds is 4. The van der Waals surface area contributed by atoms with Crippen molar-refractivity contribution in [1.82, 2.24) is 9.55 Å². The van der Waals surface area contributed by atoms with Gasteiger partial charge in [-0.3, -0.25) is 9.59 Å². The van der Waals surface area contributed by atoms with Gasteiger partial charge in [0, 0.05) is 13.6 Å². The molecule has 0 atom stereocenters. The van der Waals surface area contributed by atoms with Crippen LogP contribution in [0.1, 0.15) is 17.4 Å². The zero-order valence-corrected chi connectivity index (χ0v) is 8.10. The van der Waals surface area contributed by atoms with Gasteiger partial charge in [-0.2, -0.15) is 0 Å². The number of hydrogen-bond acceptors (Lipinski definition) is 3. The second-order valence-corrected chi connectivity index (χ2v) is 2.78. The van der Waals surface area contributed by atoms with E-state index in [1.165, 1.54) is 11.2 Å². The maximum Gasteiger partial charge on any atom is 0.271 e. The molecule has 0 aliphatic rings. The number of nitrogens with zero attached hydrogens (tertiary/aromatic N) is 3. The van der Waals surface area contributed by atoms with E-state index >= 15 is 0 Å². The monoisotopic (exact) mass is 196 g/mol. The van der Waals surface area contributed by atoms with Crippen molar-refractivity contribution >= 4 is 18.1 Å². The fraction of sp³-hybridized carbons (Fsp3) is 0.375. The SMILES string of the molecule is CCn1cnc(C(N)=O)c1N(C)C=O. The normalized spacial score (nSPS) is 9.86. The lowest BCUT2D eigenvalue weighted by Crippen LogP contribution is -2.23. The summed E-state index contributed by atoms with van der Waals surface area (Å²) in [5.41, 5.74) is 5.23. The Morgan fingerprint density at radius 1 is 1.79 bits per heavy atom. The maximum atomic E-state index is 11.0. The predicted octanol–water partition coefficient (Wildman–Crippen LogP) is -0.405. The second-order valence-electron chi connectivity index (χ2n) is 2.78. The highest BCUT2D eigenvalue weighted by molar-refractivity contribution is 5.97. The molecule has 1 aromatic rings. The average molecular weight is 196 g/mol. The Morgan fingerprint density at radius 2 is 2.43 bits per heavy atom. The van der Waals surface area contributed by atoms with Gasteiger partial charge >= 0.3 is 0 Å². The molecule has 14 heavy (non-hydrogen) atoms. The largest absolute Gasteiger partial charge is 0.364 e. The van der Waals surface area contributed by atoms with Crippen molar-refractivity contribution in [3.63, 3.8) is 0 Å². The molecule has 0 saturated carbocycles. The molecule has 2 N–H and O–H groups in total. The molecule has 0 bridgehead atoms. The van der Waals surface area contributed by atoms with E-state index in [2.05, 4.69) is 4.98 Å². The van der Waals surface area contributed by atoms with Crippen LogP contribution >= 0.6 is 0 Å². The Kier molecular flexibility index (Phi) is 2.85. The first-order chi connectivity index (χ1) is 6.61. The van der Waals surface area contributed by atoms with Crippen LogP contribution in [0.3, 0.4) is 0 Å². The number of amides is 2. The molecule has 0 saturated heterocycles. The number of carbonyl (C=O) groups excluding carboxylic acids is 2. The van der Waals surface area contributed by atoms with Crippen molar-refractivity contribution < 1.29 is 9.59 Å². The quantitative estimate of drug-likeness (QED) is 0.665. The van der Waals surface area contributed by atoms with Crippen LogP contribution in [0.2, 0.25) is 0 Å². The summed E-state index contributed by atoms with van der Waals surface area (Å²) < 4.78 is 1.68. The molecule has 6 heteroatoms. The molecule has 1 heterocycles. The predicted molar refractivity (Wildman–Crippen MR) is 50.9 cm³/mol. The zero-order valence-electron chi connectivity index (χ0n) is 8.10. The summed E-state index contributed by atoms with van der Waals surface area (Å²) in [4.78, 5) is 26.7. The summed E-state index contributed by atoms with van der Waals surface area (Å²) >= 11 is 0. The van der Waals surface area contributed by atoms with Crippen LogP contribution in [-0.4, -0.2) is 28.9 Å². The minimum atomic E-state index is -0.638. The minimum Gasteiger partial charge on any atom is -0.364 e. The second kappa shape index (κ2) is 3.91. The molecule has 0 aromatic carbocycles. The Hall–Kier alpha value is -1.85. The van der Waals surface area contributed by atoms with Crippen molar-refractivity contribution in [2.75, 3.05) is 11.9 Å². The summed E-state index contributed by atoms with van der Waals surface area (Å²) in [6, 6.07) is 0. The highest BCUT2D eigenvalue weighted by atomic mass is 16.1. The van der Waals surface area contributed by atoms with Crippen LogP contribution in [0.25, 0.3) is 0 Å². The van der Waals surface area contributed by atoms with Crippen molar-refractivity contribution in [1.29, 1.82) is 0 Å². The van der Waals surface area contributed by atoms with Gasteiger partial charge in [-0.1, -0.05) is 0 Å². The lowest BCUT2D eigenvalue weighted by Gasteiger charge is -2.13. The fourth-order valence-corrected chi connectivity index (χ4v) is 1.20. The van der Waals surface area contributed by atoms with Gasteiger partial charge in [0.1, 0.15) is 5.82 Å². The summed E-state index contributed by atoms with van der Waals surface area (Å²) in [5, 5.41) is 0. The van der Waals surface area contributed by atoms with E-state index in [0.29, 0.717) is 18.8 Å². The number of imidazole rings is 1. The Bertz CT molecular complexity index is 358. The van der Waals surface area contributed by atoms with Crippen LogP contribution in [-0.2, 0) is 11.3 Å². The molecular weight excluding hydrogens is 184 g/mol. The summed E-state index contributed by atoms with van der Waals surface area (Å²) in [6.07, 6.45) is 2.09. The number of aryl methyl sites for hydroxylation is 1. The van der Waals surface area contributed by atoms with E-state index in [-0.39, 0.29) is 5.69 Å². The first kappa shape index (κ1) is 10.2. The Balaban J connectivity index is 3.25. The van der Waals surface area contributed by atoms with E-state index in [4.69, 9.17) is 5.73 Å². The van der Waals surface area contributed by atoms with E-state index in [9.17, 15) is 9.59 Å². The van der Waals surface area contributed by atoms with Crippen LogP contribution < -0.4 is 10.6 Å². The molecule has 2 amide bonds. The average Bonchev–Trinajstić information content (AvgIpc) is 2.59. The Morgan fingerprint density at radius 3 is 2.86 bits per heavy atom. The first-order valence-electron chi connectivity index (χ1n) is 4.14. The number of nitrogens with two attached hydrogens (primary N) is 1. The van der Waals surface area contributed by atoms with Crippen LogP contribution in [0.4, 0.5) is 5.82 Å². The maximum absolute atomic E-state index is 11.0. The van der Waals surface area contributed by atoms with Crippen LogP contribution in [0.15, 0.2) is 6.33 Å². The Labute approximate surface area is 81.3 Å². The number of aromatic nitrogens is 2. The van der Waals surface area contributed by atoms with Gasteiger partial charge in [-0.25, -0.2) is 4.98 Å². The third-order valence-corrected chi connectivity index (χ3v) is 1.88. The molecule has 1 rings (SSSR count). The summed E-state index contributed by atoms with van der Waals surface area (Å²) in [5.74, 6) is -0.212. The lowest BCUT2D eigenvalue weighted by molar-refractivity contribution is -0.107. The number of hydrogen-bond donors (Lipinski definition) is 1. The smallest absolute Gasteiger partial charge is 0.271 e. The fourth-order valence-electron chi connectivity index (χ4n) is 1.20. The third-order valence-electron chi connectivity index (χ3n) is 1.88. The summed E-state index contributed by atoms with van der Waals surface area (Å²) in [6.45, 7) is 2.50. The molecule has 0 radical (unpaired) electrons. The van der Waals surface area contributed by atoms with Crippen LogP contribution in [0, 0.1) is 0 Å². The van der Waals surface area contributed by atoms with Crippen molar-refractivity contribution in [2.45, 2.75) is 13.5 Å². The lowest BCUT2D eigenvalue weighted by atomic mass is 10.4. The molecule has 6 nitrogen and oxygen atoms in total. The number of anilines is 1. The highest BCUT2D eigenvalue weighted by Crippen LogP contribution is 2.16. The van der Waals surface area contributed by atoms with Crippen molar-refractivity contribution in [3.8, 4) is 0 Å². The molecule has 1 aromatic heterocycles. The molecule has 0 aliphatic carbocycles. The molecule has 0 fully saturated rings. The molecule has 0 aliphatic heterocycles. The highest BCUT2D eigenvalue weighted by Gasteiger charge is 2.17. The topological polar surface area (TPSA) is 81.2 Å². The van der Waals surface area contributed by atoms with Gasteiger partial charge in [0.15, 0.2) is 5.69 Å². The van der Waals surface area contributed by atoms with Gasteiger partial charge in [0.05, 0.1) is 6.33 Å². The van der Waals surface area contributed by atoms with E-state index in [1.54, 1.807) is 11.6 Å². The molecule has 0 unspecified atom stereocenters. The number of primary amides is 1. The van der Waals surface area contributed by atoms with Crippen molar-refractivity contribution in [2.24, 2.45) is 5.73 Å². The molecular formula is C8H12N4O2. The van der Waals surface area contributed by atoms with E-state index in [1.807, 2.05) is 6.92 Å². The third kappa shape index (κ3) is 1.59. The van der Waals surface area contributed by atoms with Crippen LogP contribution in [0.5, 0.6) is 0 Å². The molecule has 0 spiro atoms. The van der Waals surface area contributed by atoms with Gasteiger partial charge < -0.3 is 15.2 Å². The minimum absolute atomic E-state index is 0.112. The van der Waals surface area contributed by atoms with Gasteiger partial charge in [-0.15, -0.1) is 0 Å². The number of carbonyl (C=O) groups is 2. The zero-order chi connectivity index (χ0) is 10.7. The van der Waals surface area contributed by atoms with Crippen molar-refractivity contribution in [3.05, 3.63) is 12.0 Å². The van der Waals surface area contributed by atoms with Gasteiger partial charge in [0.2, 0.25) is 6.41 Å². The van der Waals surface area contributed by atoms with Gasteiger partial charge in [0.25, 0.3) is 5.91 Å². The summed E-state index contributed by atoms with van der Waals surface area (Å²) in [7, 11) is 1.54. The standard InChI is InChI=1S/C8H12N4O2/c1-3-12-4-10-6(7(9)14)8(12)11(2)5-13/h4-5H,3H2,1-2H3,(H2,9,14). The van der Waals surface area contributed by atoms with E-state index in [0.717, 1.165) is 0 Å². The van der Waals surface area contributed by atoms with E-state index < -0.39 is 5.91 Å².